The molecule has 0 nitrogen and oxygen atoms in total. The molecule has 0 saturated heterocycles. The first-order chi connectivity index (χ1) is 7.54. The molecule has 1 saturated carbocycles. The Labute approximate surface area is 103 Å². The van der Waals surface area contributed by atoms with E-state index in [1.165, 1.54) is 38.5 Å². The molecule has 0 radical (unpaired) electrons. The summed E-state index contributed by atoms with van der Waals surface area (Å²) >= 11 is 0. The smallest absolute Gasteiger partial charge is 0.0386 e. The van der Waals surface area contributed by atoms with Gasteiger partial charge in [-0.15, -0.1) is 0 Å². The van der Waals surface area contributed by atoms with Gasteiger partial charge in [0, 0.05) is 0 Å². The summed E-state index contributed by atoms with van der Waals surface area (Å²) in [6, 6.07) is 0. The molecular weight excluding hydrogens is 192 g/mol. The predicted molar refractivity (Wildman–Crippen MR) is 73.5 cm³/mol. The standard InChI is InChI=1S/C16H32/c1-6-13(3)14(4)10-12(2)8-7-9-16-11-15(16)5/h12-16H,6-11H2,1-5H3. The molecular formula is C16H32. The highest BCUT2D eigenvalue weighted by atomic mass is 14.4. The van der Waals surface area contributed by atoms with Crippen molar-refractivity contribution in [2.45, 2.75) is 73.1 Å². The summed E-state index contributed by atoms with van der Waals surface area (Å²) in [5.41, 5.74) is 0. The van der Waals surface area contributed by atoms with Crippen molar-refractivity contribution >= 4 is 0 Å². The monoisotopic (exact) mass is 224 g/mol. The summed E-state index contributed by atoms with van der Waals surface area (Å²) < 4.78 is 0. The van der Waals surface area contributed by atoms with Gasteiger partial charge in [0.05, 0.1) is 0 Å². The highest BCUT2D eigenvalue weighted by molar-refractivity contribution is 4.82. The van der Waals surface area contributed by atoms with Crippen LogP contribution in [0.1, 0.15) is 73.1 Å². The minimum absolute atomic E-state index is 0.908. The van der Waals surface area contributed by atoms with E-state index in [2.05, 4.69) is 34.6 Å². The maximum absolute atomic E-state index is 2.45. The van der Waals surface area contributed by atoms with Crippen LogP contribution in [0, 0.1) is 29.6 Å². The van der Waals surface area contributed by atoms with Gasteiger partial charge in [0.15, 0.2) is 0 Å². The minimum atomic E-state index is 0.908. The topological polar surface area (TPSA) is 0 Å². The van der Waals surface area contributed by atoms with Crippen LogP contribution in [0.4, 0.5) is 0 Å². The zero-order valence-corrected chi connectivity index (χ0v) is 12.1. The summed E-state index contributed by atoms with van der Waals surface area (Å²) in [5, 5.41) is 0. The van der Waals surface area contributed by atoms with Crippen molar-refractivity contribution in [1.82, 2.24) is 0 Å². The first-order valence-electron chi connectivity index (χ1n) is 7.54. The number of hydrogen-bond donors (Lipinski definition) is 0. The average Bonchev–Trinajstić information content (AvgIpc) is 2.93. The van der Waals surface area contributed by atoms with E-state index >= 15 is 0 Å². The predicted octanol–water partition coefficient (Wildman–Crippen LogP) is 5.52. The van der Waals surface area contributed by atoms with Gasteiger partial charge in [-0.25, -0.2) is 0 Å². The fourth-order valence-corrected chi connectivity index (χ4v) is 2.92. The molecule has 16 heavy (non-hydrogen) atoms. The summed E-state index contributed by atoms with van der Waals surface area (Å²) in [6.45, 7) is 12.0. The van der Waals surface area contributed by atoms with Crippen molar-refractivity contribution in [3.05, 3.63) is 0 Å². The molecule has 0 bridgehead atoms. The molecule has 0 heterocycles. The average molecular weight is 224 g/mol. The summed E-state index contributed by atoms with van der Waals surface area (Å²) in [4.78, 5) is 0. The van der Waals surface area contributed by atoms with Gasteiger partial charge in [0.2, 0.25) is 0 Å². The Balaban J connectivity index is 2.03. The summed E-state index contributed by atoms with van der Waals surface area (Å²) in [7, 11) is 0. The van der Waals surface area contributed by atoms with Crippen molar-refractivity contribution in [2.75, 3.05) is 0 Å². The largest absolute Gasteiger partial charge is 0.0651 e. The molecule has 0 spiro atoms. The fraction of sp³-hybridized carbons (Fsp3) is 1.00. The second kappa shape index (κ2) is 6.67. The van der Waals surface area contributed by atoms with Crippen molar-refractivity contribution in [1.29, 1.82) is 0 Å². The molecule has 0 amide bonds. The maximum Gasteiger partial charge on any atom is -0.0386 e. The van der Waals surface area contributed by atoms with Crippen molar-refractivity contribution in [2.24, 2.45) is 29.6 Å². The number of rotatable bonds is 8. The third-order valence-corrected chi connectivity index (χ3v) is 4.94. The molecule has 1 fully saturated rings. The van der Waals surface area contributed by atoms with Gasteiger partial charge in [-0.1, -0.05) is 60.3 Å². The maximum atomic E-state index is 2.45. The Bertz CT molecular complexity index is 184. The molecule has 1 aliphatic rings. The molecule has 0 aromatic carbocycles. The Morgan fingerprint density at radius 3 is 2.25 bits per heavy atom. The SMILES string of the molecule is CCC(C)C(C)CC(C)CCCC1CC1C. The van der Waals surface area contributed by atoms with E-state index in [0.29, 0.717) is 0 Å². The quantitative estimate of drug-likeness (QED) is 0.509. The molecule has 5 unspecified atom stereocenters. The van der Waals surface area contributed by atoms with E-state index in [-0.39, 0.29) is 0 Å². The molecule has 0 aliphatic heterocycles. The van der Waals surface area contributed by atoms with Gasteiger partial charge in [-0.2, -0.15) is 0 Å². The lowest BCUT2D eigenvalue weighted by Gasteiger charge is -2.22. The van der Waals surface area contributed by atoms with Crippen molar-refractivity contribution < 1.29 is 0 Å². The summed E-state index contributed by atoms with van der Waals surface area (Å²) in [5.74, 6) is 4.91. The van der Waals surface area contributed by atoms with Crippen LogP contribution in [0.2, 0.25) is 0 Å². The van der Waals surface area contributed by atoms with E-state index in [1.54, 1.807) is 0 Å². The molecule has 96 valence electrons. The van der Waals surface area contributed by atoms with E-state index < -0.39 is 0 Å². The third kappa shape index (κ3) is 4.89. The van der Waals surface area contributed by atoms with Gasteiger partial charge in [-0.3, -0.25) is 0 Å². The summed E-state index contributed by atoms with van der Waals surface area (Å²) in [6.07, 6.45) is 8.73. The molecule has 0 N–H and O–H groups in total. The normalized spacial score (nSPS) is 29.8. The van der Waals surface area contributed by atoms with Crippen LogP contribution in [-0.4, -0.2) is 0 Å². The van der Waals surface area contributed by atoms with E-state index in [4.69, 9.17) is 0 Å². The first kappa shape index (κ1) is 14.1. The zero-order chi connectivity index (χ0) is 12.1. The van der Waals surface area contributed by atoms with Crippen LogP contribution in [0.5, 0.6) is 0 Å². The number of hydrogen-bond acceptors (Lipinski definition) is 0. The molecule has 5 atom stereocenters. The Morgan fingerprint density at radius 2 is 1.75 bits per heavy atom. The van der Waals surface area contributed by atoms with E-state index in [9.17, 15) is 0 Å². The highest BCUT2D eigenvalue weighted by Crippen LogP contribution is 2.42. The van der Waals surface area contributed by atoms with Crippen LogP contribution < -0.4 is 0 Å². The first-order valence-corrected chi connectivity index (χ1v) is 7.54. The molecule has 1 aliphatic carbocycles. The van der Waals surface area contributed by atoms with Gasteiger partial charge < -0.3 is 0 Å². The Hall–Kier alpha value is 0. The second-order valence-electron chi connectivity index (χ2n) is 6.61. The molecule has 0 aromatic rings. The van der Waals surface area contributed by atoms with E-state index in [1.807, 2.05) is 0 Å². The lowest BCUT2D eigenvalue weighted by molar-refractivity contribution is 0.294. The van der Waals surface area contributed by atoms with Crippen LogP contribution in [0.3, 0.4) is 0 Å². The molecule has 1 rings (SSSR count). The third-order valence-electron chi connectivity index (χ3n) is 4.94. The van der Waals surface area contributed by atoms with Crippen LogP contribution in [0.25, 0.3) is 0 Å². The Kier molecular flexibility index (Phi) is 5.86. The van der Waals surface area contributed by atoms with E-state index in [0.717, 1.165) is 29.6 Å². The zero-order valence-electron chi connectivity index (χ0n) is 12.1. The fourth-order valence-electron chi connectivity index (χ4n) is 2.92. The van der Waals surface area contributed by atoms with Gasteiger partial charge in [-0.05, 0) is 42.4 Å². The lowest BCUT2D eigenvalue weighted by Crippen LogP contribution is -2.11. The Morgan fingerprint density at radius 1 is 1.12 bits per heavy atom. The molecule has 0 aromatic heterocycles. The van der Waals surface area contributed by atoms with Gasteiger partial charge in [0.1, 0.15) is 0 Å². The lowest BCUT2D eigenvalue weighted by atomic mass is 9.84. The van der Waals surface area contributed by atoms with Crippen molar-refractivity contribution in [3.8, 4) is 0 Å². The van der Waals surface area contributed by atoms with Gasteiger partial charge >= 0.3 is 0 Å². The minimum Gasteiger partial charge on any atom is -0.0651 e. The van der Waals surface area contributed by atoms with Crippen molar-refractivity contribution in [3.63, 3.8) is 0 Å². The van der Waals surface area contributed by atoms with Crippen LogP contribution in [0.15, 0.2) is 0 Å². The highest BCUT2D eigenvalue weighted by Gasteiger charge is 2.31. The van der Waals surface area contributed by atoms with Crippen LogP contribution >= 0.6 is 0 Å². The van der Waals surface area contributed by atoms with Crippen LogP contribution in [-0.2, 0) is 0 Å². The molecule has 0 heteroatoms. The van der Waals surface area contributed by atoms with Gasteiger partial charge in [0.25, 0.3) is 0 Å². The second-order valence-corrected chi connectivity index (χ2v) is 6.61.